The molecule has 2 aliphatic rings. The third-order valence-corrected chi connectivity index (χ3v) is 7.42. The van der Waals surface area contributed by atoms with Crippen LogP contribution in [0.2, 0.25) is 0 Å². The number of fused-ring (bicyclic) bond motifs is 4. The maximum Gasteiger partial charge on any atom is 0.246 e. The molecule has 2 amide bonds. The average Bonchev–Trinajstić information content (AvgIpc) is 3.26. The van der Waals surface area contributed by atoms with Gasteiger partial charge in [-0.25, -0.2) is 0 Å². The zero-order valence-corrected chi connectivity index (χ0v) is 20.8. The molecule has 2 aromatic carbocycles. The smallest absolute Gasteiger partial charge is 0.246 e. The summed E-state index contributed by atoms with van der Waals surface area (Å²) in [7, 11) is 4.69. The molecule has 8 heteroatoms. The highest BCUT2D eigenvalue weighted by Crippen LogP contribution is 2.47. The molecule has 8 nitrogen and oxygen atoms in total. The fourth-order valence-corrected chi connectivity index (χ4v) is 5.49. The summed E-state index contributed by atoms with van der Waals surface area (Å²) >= 11 is 0. The summed E-state index contributed by atoms with van der Waals surface area (Å²) in [5.41, 5.74) is 3.74. The summed E-state index contributed by atoms with van der Waals surface area (Å²) in [5.74, 6) is 1.40. The van der Waals surface area contributed by atoms with Crippen LogP contribution < -0.4 is 14.2 Å². The summed E-state index contributed by atoms with van der Waals surface area (Å²) < 4.78 is 16.7. The van der Waals surface area contributed by atoms with E-state index in [0.29, 0.717) is 23.7 Å². The number of benzene rings is 2. The number of para-hydroxylation sites is 1. The molecule has 0 aliphatic carbocycles. The second-order valence-electron chi connectivity index (χ2n) is 9.17. The number of H-pyrrole nitrogens is 1. The van der Waals surface area contributed by atoms with Crippen molar-refractivity contribution in [1.82, 2.24) is 14.8 Å². The van der Waals surface area contributed by atoms with E-state index in [1.807, 2.05) is 44.2 Å². The Balaban J connectivity index is 1.74. The van der Waals surface area contributed by atoms with E-state index < -0.39 is 12.1 Å². The van der Waals surface area contributed by atoms with E-state index in [9.17, 15) is 9.59 Å². The Bertz CT molecular complexity index is 1270. The monoisotopic (exact) mass is 477 g/mol. The maximum absolute atomic E-state index is 13.7. The number of carbonyl (C=O) groups is 2. The summed E-state index contributed by atoms with van der Waals surface area (Å²) in [6.07, 6.45) is 1.26. The van der Waals surface area contributed by atoms with E-state index in [2.05, 4.69) is 11.1 Å². The van der Waals surface area contributed by atoms with Crippen molar-refractivity contribution in [3.63, 3.8) is 0 Å². The zero-order chi connectivity index (χ0) is 24.9. The number of nitrogens with one attached hydrogen (secondary N) is 1. The number of hydrogen-bond acceptors (Lipinski definition) is 5. The van der Waals surface area contributed by atoms with Gasteiger partial charge in [-0.05, 0) is 42.7 Å². The van der Waals surface area contributed by atoms with Gasteiger partial charge in [0, 0.05) is 29.1 Å². The van der Waals surface area contributed by atoms with Gasteiger partial charge >= 0.3 is 0 Å². The van der Waals surface area contributed by atoms with Crippen molar-refractivity contribution in [2.75, 3.05) is 27.9 Å². The summed E-state index contributed by atoms with van der Waals surface area (Å²) in [4.78, 5) is 34.5. The van der Waals surface area contributed by atoms with Crippen LogP contribution in [0, 0.1) is 0 Å². The van der Waals surface area contributed by atoms with Crippen LogP contribution in [0.4, 0.5) is 0 Å². The molecule has 3 aromatic rings. The Morgan fingerprint density at radius 2 is 1.74 bits per heavy atom. The Morgan fingerprint density at radius 3 is 2.37 bits per heavy atom. The number of aromatic nitrogens is 1. The number of rotatable bonds is 6. The van der Waals surface area contributed by atoms with Crippen molar-refractivity contribution in [3.8, 4) is 17.2 Å². The van der Waals surface area contributed by atoms with Crippen LogP contribution in [-0.4, -0.2) is 66.6 Å². The molecule has 184 valence electrons. The number of amides is 2. The minimum absolute atomic E-state index is 0.00223. The van der Waals surface area contributed by atoms with Crippen molar-refractivity contribution >= 4 is 22.7 Å². The Morgan fingerprint density at radius 1 is 1.06 bits per heavy atom. The predicted octanol–water partition coefficient (Wildman–Crippen LogP) is 3.68. The van der Waals surface area contributed by atoms with E-state index in [0.717, 1.165) is 34.1 Å². The number of aromatic amines is 1. The van der Waals surface area contributed by atoms with Crippen LogP contribution in [0.15, 0.2) is 36.4 Å². The van der Waals surface area contributed by atoms with Crippen LogP contribution in [0.25, 0.3) is 10.9 Å². The highest BCUT2D eigenvalue weighted by atomic mass is 16.5. The van der Waals surface area contributed by atoms with Crippen molar-refractivity contribution < 1.29 is 23.8 Å². The summed E-state index contributed by atoms with van der Waals surface area (Å²) in [6.45, 7) is 4.10. The first-order valence-corrected chi connectivity index (χ1v) is 11.9. The number of carbonyl (C=O) groups excluding carboxylic acids is 2. The van der Waals surface area contributed by atoms with E-state index in [1.165, 1.54) is 0 Å². The summed E-state index contributed by atoms with van der Waals surface area (Å²) in [5, 5.41) is 1.07. The predicted molar refractivity (Wildman–Crippen MR) is 132 cm³/mol. The van der Waals surface area contributed by atoms with Gasteiger partial charge < -0.3 is 29.0 Å². The molecular formula is C27H31N3O5. The van der Waals surface area contributed by atoms with Crippen molar-refractivity contribution in [2.24, 2.45) is 0 Å². The van der Waals surface area contributed by atoms with Crippen LogP contribution in [0.1, 0.15) is 43.1 Å². The maximum atomic E-state index is 13.7. The van der Waals surface area contributed by atoms with E-state index >= 15 is 0 Å². The number of nitrogens with zero attached hydrogens (tertiary/aromatic N) is 2. The molecule has 1 N–H and O–H groups in total. The summed E-state index contributed by atoms with van der Waals surface area (Å²) in [6, 6.07) is 10.7. The highest BCUT2D eigenvalue weighted by molar-refractivity contribution is 5.98. The van der Waals surface area contributed by atoms with Crippen LogP contribution in [-0.2, 0) is 16.0 Å². The van der Waals surface area contributed by atoms with Crippen molar-refractivity contribution in [1.29, 1.82) is 0 Å². The number of hydrogen-bond donors (Lipinski definition) is 1. The highest BCUT2D eigenvalue weighted by Gasteiger charge is 2.49. The molecule has 2 aliphatic heterocycles. The first-order chi connectivity index (χ1) is 16.9. The van der Waals surface area contributed by atoms with Crippen molar-refractivity contribution in [3.05, 3.63) is 53.2 Å². The zero-order valence-electron chi connectivity index (χ0n) is 20.8. The van der Waals surface area contributed by atoms with Crippen LogP contribution in [0.5, 0.6) is 17.2 Å². The molecule has 0 radical (unpaired) electrons. The second-order valence-corrected chi connectivity index (χ2v) is 9.17. The molecule has 35 heavy (non-hydrogen) atoms. The number of ether oxygens (including phenoxy) is 3. The lowest BCUT2D eigenvalue weighted by Crippen LogP contribution is -2.64. The van der Waals surface area contributed by atoms with Crippen LogP contribution >= 0.6 is 0 Å². The third-order valence-electron chi connectivity index (χ3n) is 7.42. The van der Waals surface area contributed by atoms with E-state index in [1.54, 1.807) is 31.1 Å². The topological polar surface area (TPSA) is 84.1 Å². The van der Waals surface area contributed by atoms with E-state index in [-0.39, 0.29) is 24.4 Å². The first-order valence-electron chi connectivity index (χ1n) is 11.9. The van der Waals surface area contributed by atoms with Gasteiger partial charge in [0.05, 0.1) is 27.4 Å². The van der Waals surface area contributed by atoms with Gasteiger partial charge in [-0.1, -0.05) is 25.1 Å². The van der Waals surface area contributed by atoms with Gasteiger partial charge in [-0.15, -0.1) is 0 Å². The van der Waals surface area contributed by atoms with Crippen molar-refractivity contribution in [2.45, 2.75) is 44.8 Å². The lowest BCUT2D eigenvalue weighted by Gasteiger charge is -2.48. The minimum Gasteiger partial charge on any atom is -0.493 e. The Hall–Kier alpha value is -3.68. The lowest BCUT2D eigenvalue weighted by molar-refractivity contribution is -0.160. The Kier molecular flexibility index (Phi) is 5.83. The molecule has 2 unspecified atom stereocenters. The average molecular weight is 478 g/mol. The molecule has 3 heterocycles. The van der Waals surface area contributed by atoms with Gasteiger partial charge in [-0.3, -0.25) is 9.59 Å². The second kappa shape index (κ2) is 8.83. The van der Waals surface area contributed by atoms with E-state index in [4.69, 9.17) is 14.2 Å². The molecule has 0 saturated carbocycles. The van der Waals surface area contributed by atoms with Gasteiger partial charge in [0.15, 0.2) is 11.5 Å². The molecule has 1 saturated heterocycles. The van der Waals surface area contributed by atoms with Gasteiger partial charge in [0.25, 0.3) is 0 Å². The first kappa shape index (κ1) is 23.1. The SMILES string of the molecule is CCC(C)N1CC(=O)N2C(c3cc(OC)c(OC)c(OC)c3)c3[nH]c4ccccc4c3C[C@H]2C1=O. The molecule has 0 spiro atoms. The quantitative estimate of drug-likeness (QED) is 0.586. The van der Waals surface area contributed by atoms with Gasteiger partial charge in [0.1, 0.15) is 12.6 Å². The minimum atomic E-state index is -0.582. The lowest BCUT2D eigenvalue weighted by atomic mass is 9.85. The standard InChI is InChI=1S/C27H31N3O5/c1-6-15(2)29-14-23(31)30-20(27(29)32)13-18-17-9-7-8-10-19(17)28-24(18)25(30)16-11-21(33-3)26(35-5)22(12-16)34-4/h7-12,15,20,25,28H,6,13-14H2,1-5H3/t15?,20-,25?/m0/s1. The number of piperazine rings is 1. The van der Waals surface area contributed by atoms with Crippen LogP contribution in [0.3, 0.4) is 0 Å². The molecule has 3 atom stereocenters. The molecule has 1 fully saturated rings. The largest absolute Gasteiger partial charge is 0.493 e. The fraction of sp³-hybridized carbons (Fsp3) is 0.407. The number of methoxy groups -OCH3 is 3. The third kappa shape index (κ3) is 3.50. The molecular weight excluding hydrogens is 446 g/mol. The molecule has 1 aromatic heterocycles. The van der Waals surface area contributed by atoms with Gasteiger partial charge in [-0.2, -0.15) is 0 Å². The van der Waals surface area contributed by atoms with Gasteiger partial charge in [0.2, 0.25) is 17.6 Å². The normalized spacial score (nSPS) is 20.5. The molecule has 5 rings (SSSR count). The Labute approximate surface area is 204 Å². The molecule has 0 bridgehead atoms. The fourth-order valence-electron chi connectivity index (χ4n) is 5.49.